The van der Waals surface area contributed by atoms with Crippen LogP contribution in [0.25, 0.3) is 0 Å². The first-order valence-corrected chi connectivity index (χ1v) is 9.76. The van der Waals surface area contributed by atoms with E-state index in [0.717, 1.165) is 0 Å². The molecule has 0 spiro atoms. The molecule has 26 heavy (non-hydrogen) atoms. The molecule has 0 saturated carbocycles. The number of aromatic nitrogens is 1. The number of hydrogen-bond donors (Lipinski definition) is 1. The fraction of sp³-hybridized carbons (Fsp3) is 0.294. The number of hydrogen-bond acceptors (Lipinski definition) is 5. The number of anilines is 1. The molecule has 1 amide bonds. The van der Waals surface area contributed by atoms with E-state index < -0.39 is 15.9 Å². The third-order valence-electron chi connectivity index (χ3n) is 3.72. The molecule has 1 N–H and O–H groups in total. The standard InChI is InChI=1S/C17H20ClN3O4S/c1-4-21(5-2)26(23,24)15-10-12(6-8-14(15)25-3)17(22)20-16-9-7-13(18)11-19-16/h6-11H,4-5H2,1-3H3,(H,19,20,22). The van der Waals surface area contributed by atoms with Crippen molar-refractivity contribution < 1.29 is 17.9 Å². The van der Waals surface area contributed by atoms with E-state index in [9.17, 15) is 13.2 Å². The Morgan fingerprint density at radius 3 is 2.46 bits per heavy atom. The van der Waals surface area contributed by atoms with Crippen LogP contribution in [0.3, 0.4) is 0 Å². The van der Waals surface area contributed by atoms with Gasteiger partial charge in [0.2, 0.25) is 10.0 Å². The predicted molar refractivity (Wildman–Crippen MR) is 100 cm³/mol. The largest absolute Gasteiger partial charge is 0.495 e. The van der Waals surface area contributed by atoms with Crippen LogP contribution in [0, 0.1) is 0 Å². The number of carbonyl (C=O) groups excluding carboxylic acids is 1. The third kappa shape index (κ3) is 4.32. The average Bonchev–Trinajstić information content (AvgIpc) is 2.63. The maximum atomic E-state index is 12.8. The van der Waals surface area contributed by atoms with Crippen LogP contribution in [0.15, 0.2) is 41.4 Å². The molecular weight excluding hydrogens is 378 g/mol. The van der Waals surface area contributed by atoms with Gasteiger partial charge >= 0.3 is 0 Å². The minimum atomic E-state index is -3.78. The minimum Gasteiger partial charge on any atom is -0.495 e. The van der Waals surface area contributed by atoms with E-state index in [2.05, 4.69) is 10.3 Å². The van der Waals surface area contributed by atoms with Crippen LogP contribution in [0.1, 0.15) is 24.2 Å². The van der Waals surface area contributed by atoms with Gasteiger partial charge in [-0.2, -0.15) is 4.31 Å². The molecule has 1 aromatic heterocycles. The number of sulfonamides is 1. The molecule has 0 aliphatic rings. The van der Waals surface area contributed by atoms with Crippen molar-refractivity contribution in [3.63, 3.8) is 0 Å². The molecule has 1 heterocycles. The highest BCUT2D eigenvalue weighted by Crippen LogP contribution is 2.28. The van der Waals surface area contributed by atoms with Crippen LogP contribution < -0.4 is 10.1 Å². The molecule has 0 unspecified atom stereocenters. The van der Waals surface area contributed by atoms with Crippen molar-refractivity contribution in [1.82, 2.24) is 9.29 Å². The van der Waals surface area contributed by atoms with E-state index in [-0.39, 0.29) is 16.2 Å². The Balaban J connectivity index is 2.39. The van der Waals surface area contributed by atoms with E-state index >= 15 is 0 Å². The second kappa shape index (κ2) is 8.48. The molecule has 1 aromatic carbocycles. The lowest BCUT2D eigenvalue weighted by Gasteiger charge is -2.20. The van der Waals surface area contributed by atoms with Crippen molar-refractivity contribution in [2.75, 3.05) is 25.5 Å². The molecular formula is C17H20ClN3O4S. The van der Waals surface area contributed by atoms with Crippen molar-refractivity contribution in [3.05, 3.63) is 47.1 Å². The van der Waals surface area contributed by atoms with Gasteiger partial charge in [0.1, 0.15) is 16.5 Å². The van der Waals surface area contributed by atoms with Crippen molar-refractivity contribution in [3.8, 4) is 5.75 Å². The summed E-state index contributed by atoms with van der Waals surface area (Å²) < 4.78 is 32.1. The highest BCUT2D eigenvalue weighted by molar-refractivity contribution is 7.89. The van der Waals surface area contributed by atoms with Crippen molar-refractivity contribution >= 4 is 33.3 Å². The smallest absolute Gasteiger partial charge is 0.256 e. The van der Waals surface area contributed by atoms with Crippen molar-refractivity contribution in [2.45, 2.75) is 18.7 Å². The Morgan fingerprint density at radius 1 is 1.23 bits per heavy atom. The first-order valence-electron chi connectivity index (χ1n) is 7.94. The number of halogens is 1. The monoisotopic (exact) mass is 397 g/mol. The van der Waals surface area contributed by atoms with Crippen LogP contribution in [0.5, 0.6) is 5.75 Å². The first-order chi connectivity index (χ1) is 12.3. The summed E-state index contributed by atoms with van der Waals surface area (Å²) in [7, 11) is -2.40. The number of benzene rings is 1. The van der Waals surface area contributed by atoms with E-state index in [1.54, 1.807) is 26.0 Å². The number of amides is 1. The second-order valence-electron chi connectivity index (χ2n) is 5.27. The summed E-state index contributed by atoms with van der Waals surface area (Å²) >= 11 is 5.77. The highest BCUT2D eigenvalue weighted by atomic mass is 35.5. The molecule has 0 saturated heterocycles. The quantitative estimate of drug-likeness (QED) is 0.775. The number of nitrogens with zero attached hydrogens (tertiary/aromatic N) is 2. The molecule has 0 aliphatic carbocycles. The molecule has 0 fully saturated rings. The summed E-state index contributed by atoms with van der Waals surface area (Å²) in [6, 6.07) is 7.40. The fourth-order valence-corrected chi connectivity index (χ4v) is 4.11. The molecule has 0 bridgehead atoms. The van der Waals surface area contributed by atoms with Gasteiger partial charge in [0.15, 0.2) is 0 Å². The number of rotatable bonds is 7. The predicted octanol–water partition coefficient (Wildman–Crippen LogP) is 3.03. The molecule has 2 aromatic rings. The van der Waals surface area contributed by atoms with E-state index in [4.69, 9.17) is 16.3 Å². The second-order valence-corrected chi connectivity index (χ2v) is 7.61. The van der Waals surface area contributed by atoms with Gasteiger partial charge in [-0.1, -0.05) is 25.4 Å². The number of nitrogens with one attached hydrogen (secondary N) is 1. The van der Waals surface area contributed by atoms with Gasteiger partial charge in [0.25, 0.3) is 5.91 Å². The lowest BCUT2D eigenvalue weighted by atomic mass is 10.2. The van der Waals surface area contributed by atoms with Gasteiger partial charge in [-0.05, 0) is 30.3 Å². The van der Waals surface area contributed by atoms with Crippen LogP contribution >= 0.6 is 11.6 Å². The molecule has 9 heteroatoms. The zero-order valence-electron chi connectivity index (χ0n) is 14.7. The lowest BCUT2D eigenvalue weighted by molar-refractivity contribution is 0.102. The van der Waals surface area contributed by atoms with Gasteiger partial charge < -0.3 is 10.1 Å². The van der Waals surface area contributed by atoms with Crippen molar-refractivity contribution in [2.24, 2.45) is 0 Å². The maximum Gasteiger partial charge on any atom is 0.256 e. The van der Waals surface area contributed by atoms with E-state index in [1.807, 2.05) is 0 Å². The van der Waals surface area contributed by atoms with Gasteiger partial charge in [-0.15, -0.1) is 0 Å². The summed E-state index contributed by atoms with van der Waals surface area (Å²) in [5, 5.41) is 3.05. The number of pyridine rings is 1. The van der Waals surface area contributed by atoms with Gasteiger partial charge in [-0.3, -0.25) is 4.79 Å². The molecule has 140 valence electrons. The Morgan fingerprint density at radius 2 is 1.92 bits per heavy atom. The van der Waals surface area contributed by atoms with Crippen molar-refractivity contribution in [1.29, 1.82) is 0 Å². The zero-order valence-corrected chi connectivity index (χ0v) is 16.3. The number of ether oxygens (including phenoxy) is 1. The summed E-state index contributed by atoms with van der Waals surface area (Å²) in [4.78, 5) is 16.4. The SMILES string of the molecule is CCN(CC)S(=O)(=O)c1cc(C(=O)Nc2ccc(Cl)cn2)ccc1OC. The molecule has 2 rings (SSSR count). The fourth-order valence-electron chi connectivity index (χ4n) is 2.36. The Hall–Kier alpha value is -2.16. The van der Waals surface area contributed by atoms with Gasteiger partial charge in [0, 0.05) is 24.8 Å². The average molecular weight is 398 g/mol. The molecule has 0 aliphatic heterocycles. The van der Waals surface area contributed by atoms with Gasteiger partial charge in [0.05, 0.1) is 12.1 Å². The van der Waals surface area contributed by atoms with E-state index in [1.165, 1.54) is 35.8 Å². The first kappa shape index (κ1) is 20.2. The van der Waals surface area contributed by atoms with Crippen LogP contribution in [-0.2, 0) is 10.0 Å². The minimum absolute atomic E-state index is 0.0552. The Bertz CT molecular complexity index is 881. The summed E-state index contributed by atoms with van der Waals surface area (Å²) in [5.41, 5.74) is 0.174. The summed E-state index contributed by atoms with van der Waals surface area (Å²) in [6.07, 6.45) is 1.40. The molecule has 0 atom stereocenters. The van der Waals surface area contributed by atoms with Gasteiger partial charge in [-0.25, -0.2) is 13.4 Å². The van der Waals surface area contributed by atoms with Crippen LogP contribution in [-0.4, -0.2) is 43.8 Å². The molecule has 7 nitrogen and oxygen atoms in total. The van der Waals surface area contributed by atoms with Crippen LogP contribution in [0.2, 0.25) is 5.02 Å². The normalized spacial score (nSPS) is 11.4. The highest BCUT2D eigenvalue weighted by Gasteiger charge is 2.26. The Kier molecular flexibility index (Phi) is 6.57. The zero-order chi connectivity index (χ0) is 19.3. The third-order valence-corrected chi connectivity index (χ3v) is 6.01. The van der Waals surface area contributed by atoms with E-state index in [0.29, 0.717) is 23.9 Å². The Labute approximate surface area is 158 Å². The maximum absolute atomic E-state index is 12.8. The summed E-state index contributed by atoms with van der Waals surface area (Å²) in [5.74, 6) is -0.0000847. The topological polar surface area (TPSA) is 88.6 Å². The van der Waals surface area contributed by atoms with Crippen LogP contribution in [0.4, 0.5) is 5.82 Å². The number of methoxy groups -OCH3 is 1. The molecule has 0 radical (unpaired) electrons. The summed E-state index contributed by atoms with van der Waals surface area (Å²) in [6.45, 7) is 4.12. The number of carbonyl (C=O) groups is 1. The lowest BCUT2D eigenvalue weighted by Crippen LogP contribution is -2.31.